The van der Waals surface area contributed by atoms with Gasteiger partial charge < -0.3 is 24.8 Å². The molecule has 26 heavy (non-hydrogen) atoms. The molecule has 0 atom stereocenters. The highest BCUT2D eigenvalue weighted by atomic mass is 16.5. The maximum atomic E-state index is 5.72. The van der Waals surface area contributed by atoms with Gasteiger partial charge in [0.25, 0.3) is 0 Å². The molecule has 0 aliphatic heterocycles. The zero-order valence-electron chi connectivity index (χ0n) is 15.6. The number of ether oxygens (including phenoxy) is 3. The van der Waals surface area contributed by atoms with Gasteiger partial charge >= 0.3 is 0 Å². The van der Waals surface area contributed by atoms with Gasteiger partial charge in [-0.05, 0) is 29.8 Å². The summed E-state index contributed by atoms with van der Waals surface area (Å²) in [6.07, 6.45) is 0.860. The van der Waals surface area contributed by atoms with Crippen LogP contribution >= 0.6 is 0 Å². The first-order valence-electron chi connectivity index (χ1n) is 8.57. The van der Waals surface area contributed by atoms with Gasteiger partial charge in [0.15, 0.2) is 5.96 Å². The van der Waals surface area contributed by atoms with E-state index < -0.39 is 0 Å². The number of guanidine groups is 1. The highest BCUT2D eigenvalue weighted by Crippen LogP contribution is 2.17. The fourth-order valence-corrected chi connectivity index (χ4v) is 2.30. The quantitative estimate of drug-likeness (QED) is 0.410. The molecule has 0 fully saturated rings. The zero-order chi connectivity index (χ0) is 18.6. The number of aliphatic imine (C=N–C) groups is 1. The van der Waals surface area contributed by atoms with Crippen LogP contribution in [0, 0.1) is 0 Å². The van der Waals surface area contributed by atoms with Crippen LogP contribution < -0.4 is 20.1 Å². The second-order valence-electron chi connectivity index (χ2n) is 5.62. The maximum absolute atomic E-state index is 5.72. The van der Waals surface area contributed by atoms with Crippen molar-refractivity contribution >= 4 is 11.6 Å². The van der Waals surface area contributed by atoms with Crippen molar-refractivity contribution in [3.63, 3.8) is 0 Å². The number of hydrogen-bond donors (Lipinski definition) is 2. The minimum Gasteiger partial charge on any atom is -0.497 e. The Balaban J connectivity index is 1.86. The highest BCUT2D eigenvalue weighted by molar-refractivity contribution is 5.93. The third-order valence-corrected chi connectivity index (χ3v) is 3.70. The molecule has 140 valence electrons. The summed E-state index contributed by atoms with van der Waals surface area (Å²) in [6, 6.07) is 15.7. The number of nitrogens with zero attached hydrogens (tertiary/aromatic N) is 1. The van der Waals surface area contributed by atoms with Crippen molar-refractivity contribution in [3.05, 3.63) is 54.1 Å². The average Bonchev–Trinajstić information content (AvgIpc) is 2.69. The first-order chi connectivity index (χ1) is 12.7. The summed E-state index contributed by atoms with van der Waals surface area (Å²) in [4.78, 5) is 4.26. The summed E-state index contributed by atoms with van der Waals surface area (Å²) in [5.74, 6) is 2.35. The summed E-state index contributed by atoms with van der Waals surface area (Å²) in [7, 11) is 5.10. The van der Waals surface area contributed by atoms with Crippen LogP contribution in [0.4, 0.5) is 5.69 Å². The van der Waals surface area contributed by atoms with E-state index >= 15 is 0 Å². The van der Waals surface area contributed by atoms with E-state index in [1.54, 1.807) is 21.3 Å². The lowest BCUT2D eigenvalue weighted by Crippen LogP contribution is -2.30. The average molecular weight is 357 g/mol. The largest absolute Gasteiger partial charge is 0.497 e. The summed E-state index contributed by atoms with van der Waals surface area (Å²) in [5, 5.41) is 6.56. The van der Waals surface area contributed by atoms with Gasteiger partial charge in [0.2, 0.25) is 0 Å². The minimum atomic E-state index is 0.627. The van der Waals surface area contributed by atoms with E-state index in [-0.39, 0.29) is 0 Å². The predicted molar refractivity (Wildman–Crippen MR) is 105 cm³/mol. The molecule has 0 aliphatic rings. The maximum Gasteiger partial charge on any atom is 0.195 e. The van der Waals surface area contributed by atoms with E-state index in [1.165, 1.54) is 0 Å². The number of nitrogens with one attached hydrogen (secondary N) is 2. The van der Waals surface area contributed by atoms with Crippen LogP contribution in [0.5, 0.6) is 11.5 Å². The predicted octanol–water partition coefficient (Wildman–Crippen LogP) is 3.30. The summed E-state index contributed by atoms with van der Waals surface area (Å²) >= 11 is 0. The van der Waals surface area contributed by atoms with E-state index in [9.17, 15) is 0 Å². The van der Waals surface area contributed by atoms with E-state index in [0.717, 1.165) is 29.2 Å². The van der Waals surface area contributed by atoms with Crippen LogP contribution in [-0.2, 0) is 11.3 Å². The Bertz CT molecular complexity index is 687. The molecular weight excluding hydrogens is 330 g/mol. The fourth-order valence-electron chi connectivity index (χ4n) is 2.30. The molecule has 0 saturated carbocycles. The Morgan fingerprint density at radius 1 is 1.00 bits per heavy atom. The summed E-state index contributed by atoms with van der Waals surface area (Å²) < 4.78 is 15.9. The second kappa shape index (κ2) is 11.0. The monoisotopic (exact) mass is 357 g/mol. The van der Waals surface area contributed by atoms with E-state index in [1.807, 2.05) is 48.5 Å². The van der Waals surface area contributed by atoms with Crippen LogP contribution in [0.2, 0.25) is 0 Å². The Hall–Kier alpha value is -2.73. The first kappa shape index (κ1) is 19.6. The Kier molecular flexibility index (Phi) is 8.29. The van der Waals surface area contributed by atoms with Crippen molar-refractivity contribution in [2.24, 2.45) is 4.99 Å². The van der Waals surface area contributed by atoms with E-state index in [4.69, 9.17) is 14.2 Å². The van der Waals surface area contributed by atoms with Crippen LogP contribution in [0.25, 0.3) is 0 Å². The third-order valence-electron chi connectivity index (χ3n) is 3.70. The SMILES string of the molecule is CN=C(NCc1ccc(OC)cc1)Nc1cccc(OCCCOC)c1. The molecule has 0 spiro atoms. The topological polar surface area (TPSA) is 64.1 Å². The number of hydrogen-bond acceptors (Lipinski definition) is 4. The fraction of sp³-hybridized carbons (Fsp3) is 0.350. The molecule has 0 aromatic heterocycles. The van der Waals surface area contributed by atoms with Gasteiger partial charge in [0, 0.05) is 45.5 Å². The molecule has 0 heterocycles. The summed E-state index contributed by atoms with van der Waals surface area (Å²) in [6.45, 7) is 1.98. The molecule has 0 unspecified atom stereocenters. The van der Waals surface area contributed by atoms with E-state index in [0.29, 0.717) is 25.7 Å². The molecule has 2 aromatic rings. The number of anilines is 1. The van der Waals surface area contributed by atoms with Crippen molar-refractivity contribution in [1.29, 1.82) is 0 Å². The molecule has 6 heteroatoms. The third kappa shape index (κ3) is 6.64. The van der Waals surface area contributed by atoms with Gasteiger partial charge in [0.05, 0.1) is 13.7 Å². The number of methoxy groups -OCH3 is 2. The molecular formula is C20H27N3O3. The first-order valence-corrected chi connectivity index (χ1v) is 8.57. The molecule has 6 nitrogen and oxygen atoms in total. The molecule has 0 aliphatic carbocycles. The lowest BCUT2D eigenvalue weighted by Gasteiger charge is -2.13. The lowest BCUT2D eigenvalue weighted by molar-refractivity contribution is 0.172. The van der Waals surface area contributed by atoms with Gasteiger partial charge in [-0.15, -0.1) is 0 Å². The van der Waals surface area contributed by atoms with Gasteiger partial charge in [-0.1, -0.05) is 18.2 Å². The lowest BCUT2D eigenvalue weighted by atomic mass is 10.2. The van der Waals surface area contributed by atoms with Crippen LogP contribution in [-0.4, -0.2) is 40.4 Å². The van der Waals surface area contributed by atoms with Gasteiger partial charge in [0.1, 0.15) is 11.5 Å². The van der Waals surface area contributed by atoms with Gasteiger partial charge in [-0.3, -0.25) is 4.99 Å². The highest BCUT2D eigenvalue weighted by Gasteiger charge is 2.02. The number of benzene rings is 2. The standard InChI is InChI=1S/C20H27N3O3/c1-21-20(22-15-16-8-10-18(25-3)11-9-16)23-17-6-4-7-19(14-17)26-13-5-12-24-2/h4,6-11,14H,5,12-13,15H2,1-3H3,(H2,21,22,23). The van der Waals surface area contributed by atoms with Crippen molar-refractivity contribution in [3.8, 4) is 11.5 Å². The van der Waals surface area contributed by atoms with Gasteiger partial charge in [-0.25, -0.2) is 0 Å². The second-order valence-corrected chi connectivity index (χ2v) is 5.62. The van der Waals surface area contributed by atoms with Crippen molar-refractivity contribution in [2.45, 2.75) is 13.0 Å². The normalized spacial score (nSPS) is 11.1. The van der Waals surface area contributed by atoms with Crippen molar-refractivity contribution in [2.75, 3.05) is 39.8 Å². The molecule has 0 bridgehead atoms. The Morgan fingerprint density at radius 3 is 2.50 bits per heavy atom. The van der Waals surface area contributed by atoms with Crippen molar-refractivity contribution < 1.29 is 14.2 Å². The van der Waals surface area contributed by atoms with Gasteiger partial charge in [-0.2, -0.15) is 0 Å². The molecule has 0 radical (unpaired) electrons. The van der Waals surface area contributed by atoms with Crippen LogP contribution in [0.1, 0.15) is 12.0 Å². The molecule has 2 aromatic carbocycles. The van der Waals surface area contributed by atoms with Crippen LogP contribution in [0.15, 0.2) is 53.5 Å². The Labute approximate surface area is 155 Å². The minimum absolute atomic E-state index is 0.627. The van der Waals surface area contributed by atoms with E-state index in [2.05, 4.69) is 15.6 Å². The van der Waals surface area contributed by atoms with Crippen LogP contribution in [0.3, 0.4) is 0 Å². The zero-order valence-corrected chi connectivity index (χ0v) is 15.6. The smallest absolute Gasteiger partial charge is 0.195 e. The molecule has 0 amide bonds. The summed E-state index contributed by atoms with van der Waals surface area (Å²) in [5.41, 5.74) is 2.06. The van der Waals surface area contributed by atoms with Crippen molar-refractivity contribution in [1.82, 2.24) is 5.32 Å². The molecule has 0 saturated heterocycles. The molecule has 2 N–H and O–H groups in total. The molecule has 2 rings (SSSR count). The Morgan fingerprint density at radius 2 is 1.81 bits per heavy atom. The number of rotatable bonds is 9.